The third kappa shape index (κ3) is 5.09. The van der Waals surface area contributed by atoms with Crippen LogP contribution in [0.15, 0.2) is 49.0 Å². The topological polar surface area (TPSA) is 77.4 Å². The van der Waals surface area contributed by atoms with E-state index in [0.717, 1.165) is 54.7 Å². The van der Waals surface area contributed by atoms with Gasteiger partial charge in [0.25, 0.3) is 0 Å². The molecule has 182 valence electrons. The van der Waals surface area contributed by atoms with Crippen LogP contribution in [0.2, 0.25) is 0 Å². The van der Waals surface area contributed by atoms with Gasteiger partial charge in [-0.15, -0.1) is 0 Å². The molecule has 2 heterocycles. The van der Waals surface area contributed by atoms with Gasteiger partial charge in [-0.1, -0.05) is 43.0 Å². The minimum absolute atomic E-state index is 0.132. The second-order valence-corrected chi connectivity index (χ2v) is 9.74. The number of hydrogen-bond acceptors (Lipinski definition) is 5. The number of nitrogens with zero attached hydrogens (tertiary/aromatic N) is 2. The van der Waals surface area contributed by atoms with Crippen molar-refractivity contribution in [2.45, 2.75) is 43.8 Å². The fourth-order valence-corrected chi connectivity index (χ4v) is 5.52. The zero-order valence-electron chi connectivity index (χ0n) is 19.8. The molecular formula is C28H31FN4O2. The van der Waals surface area contributed by atoms with Crippen LogP contribution < -0.4 is 10.6 Å². The lowest BCUT2D eigenvalue weighted by molar-refractivity contribution is -0.124. The monoisotopic (exact) mass is 474 g/mol. The standard InChI is InChI=1S/C28H31FN4O2/c1-18(33-10-12-35-13-11-33)19-2-4-20(5-3-19)21-6-7-22(26(29)16-21)14-25(17-30)32-28(34)27-23-8-9-24(15-23)31-27/h2-7,16,23-25,27,31H,1,8-15H2,(H,32,34)/t23-,24+,25-,27-/m0/s1. The number of nitriles is 1. The number of halogens is 1. The molecule has 3 fully saturated rings. The molecule has 3 aliphatic rings. The summed E-state index contributed by atoms with van der Waals surface area (Å²) in [5, 5.41) is 15.7. The van der Waals surface area contributed by atoms with Gasteiger partial charge in [-0.05, 0) is 53.5 Å². The van der Waals surface area contributed by atoms with E-state index in [1.807, 2.05) is 30.3 Å². The molecule has 7 heteroatoms. The van der Waals surface area contributed by atoms with Gasteiger partial charge in [0, 0.05) is 31.2 Å². The molecule has 0 unspecified atom stereocenters. The predicted molar refractivity (Wildman–Crippen MR) is 133 cm³/mol. The van der Waals surface area contributed by atoms with Gasteiger partial charge in [-0.3, -0.25) is 4.79 Å². The normalized spacial score (nSPS) is 24.1. The highest BCUT2D eigenvalue weighted by molar-refractivity contribution is 5.83. The quantitative estimate of drug-likeness (QED) is 0.643. The second-order valence-electron chi connectivity index (χ2n) is 9.74. The summed E-state index contributed by atoms with van der Waals surface area (Å²) in [5.74, 6) is -0.191. The van der Waals surface area contributed by atoms with Crippen molar-refractivity contribution in [2.75, 3.05) is 26.3 Å². The molecule has 2 N–H and O–H groups in total. The van der Waals surface area contributed by atoms with Gasteiger partial charge in [-0.2, -0.15) is 5.26 Å². The van der Waals surface area contributed by atoms with Gasteiger partial charge in [0.2, 0.25) is 5.91 Å². The maximum atomic E-state index is 15.0. The molecule has 2 saturated heterocycles. The largest absolute Gasteiger partial charge is 0.378 e. The van der Waals surface area contributed by atoms with E-state index in [9.17, 15) is 14.4 Å². The number of carbonyl (C=O) groups is 1. The molecule has 0 spiro atoms. The van der Waals surface area contributed by atoms with Crippen molar-refractivity contribution in [1.82, 2.24) is 15.5 Å². The molecule has 35 heavy (non-hydrogen) atoms. The summed E-state index contributed by atoms with van der Waals surface area (Å²) in [5.41, 5.74) is 4.08. The van der Waals surface area contributed by atoms with Gasteiger partial charge in [0.1, 0.15) is 11.9 Å². The molecule has 1 aliphatic carbocycles. The fraction of sp³-hybridized carbons (Fsp3) is 0.429. The first-order valence-electron chi connectivity index (χ1n) is 12.4. The summed E-state index contributed by atoms with van der Waals surface area (Å²) in [6, 6.07) is 14.5. The number of benzene rings is 2. The number of fused-ring (bicyclic) bond motifs is 2. The number of amides is 1. The molecule has 2 aromatic carbocycles. The first-order chi connectivity index (χ1) is 17.0. The van der Waals surface area contributed by atoms with E-state index in [2.05, 4.69) is 28.2 Å². The van der Waals surface area contributed by atoms with E-state index in [0.29, 0.717) is 30.7 Å². The summed E-state index contributed by atoms with van der Waals surface area (Å²) in [6.45, 7) is 7.29. The van der Waals surface area contributed by atoms with Crippen LogP contribution in [0.4, 0.5) is 4.39 Å². The highest BCUT2D eigenvalue weighted by atomic mass is 19.1. The van der Waals surface area contributed by atoms with E-state index < -0.39 is 6.04 Å². The number of nitrogens with one attached hydrogen (secondary N) is 2. The number of morpholine rings is 1. The third-order valence-corrected chi connectivity index (χ3v) is 7.54. The molecule has 1 amide bonds. The highest BCUT2D eigenvalue weighted by Gasteiger charge is 2.43. The summed E-state index contributed by atoms with van der Waals surface area (Å²) in [4.78, 5) is 14.9. The van der Waals surface area contributed by atoms with Crippen LogP contribution in [-0.4, -0.2) is 55.2 Å². The average Bonchev–Trinajstić information content (AvgIpc) is 3.54. The Balaban J connectivity index is 1.22. The fourth-order valence-electron chi connectivity index (χ4n) is 5.52. The molecular weight excluding hydrogens is 443 g/mol. The van der Waals surface area contributed by atoms with Crippen LogP contribution in [0, 0.1) is 23.1 Å². The van der Waals surface area contributed by atoms with Crippen molar-refractivity contribution < 1.29 is 13.9 Å². The van der Waals surface area contributed by atoms with Crippen molar-refractivity contribution in [3.05, 3.63) is 66.0 Å². The van der Waals surface area contributed by atoms with E-state index in [1.54, 1.807) is 6.07 Å². The molecule has 5 rings (SSSR count). The average molecular weight is 475 g/mol. The van der Waals surface area contributed by atoms with Crippen molar-refractivity contribution in [1.29, 1.82) is 5.26 Å². The summed E-state index contributed by atoms with van der Waals surface area (Å²) < 4.78 is 20.4. The Bertz CT molecular complexity index is 1140. The Hall–Kier alpha value is -3.21. The lowest BCUT2D eigenvalue weighted by Crippen LogP contribution is -2.50. The molecule has 2 aliphatic heterocycles. The summed E-state index contributed by atoms with van der Waals surface area (Å²) in [7, 11) is 0. The first-order valence-corrected chi connectivity index (χ1v) is 12.4. The zero-order chi connectivity index (χ0) is 24.4. The molecule has 2 bridgehead atoms. The number of hydrogen-bond donors (Lipinski definition) is 2. The molecule has 6 nitrogen and oxygen atoms in total. The zero-order valence-corrected chi connectivity index (χ0v) is 19.8. The van der Waals surface area contributed by atoms with Crippen LogP contribution in [0.25, 0.3) is 16.8 Å². The van der Waals surface area contributed by atoms with Crippen molar-refractivity contribution in [2.24, 2.45) is 5.92 Å². The van der Waals surface area contributed by atoms with E-state index in [-0.39, 0.29) is 24.2 Å². The summed E-state index contributed by atoms with van der Waals surface area (Å²) >= 11 is 0. The number of ether oxygens (including phenoxy) is 1. The molecule has 4 atom stereocenters. The van der Waals surface area contributed by atoms with Gasteiger partial charge in [0.15, 0.2) is 0 Å². The Kier molecular flexibility index (Phi) is 6.85. The molecule has 0 aromatic heterocycles. The number of carbonyl (C=O) groups excluding carboxylic acids is 1. The Morgan fingerprint density at radius 2 is 1.94 bits per heavy atom. The van der Waals surface area contributed by atoms with Crippen LogP contribution in [0.1, 0.15) is 30.4 Å². The molecule has 2 aromatic rings. The van der Waals surface area contributed by atoms with Crippen molar-refractivity contribution in [3.63, 3.8) is 0 Å². The van der Waals surface area contributed by atoms with Crippen LogP contribution in [-0.2, 0) is 16.0 Å². The Labute approximate surface area is 205 Å². The molecule has 1 saturated carbocycles. The smallest absolute Gasteiger partial charge is 0.238 e. The SMILES string of the molecule is C=C(c1ccc(-c2ccc(C[C@@H](C#N)NC(=O)[C@H]3N[C@@H]4CC[C@H]3C4)c(F)c2)cc1)N1CCOCC1. The van der Waals surface area contributed by atoms with Crippen LogP contribution in [0.5, 0.6) is 0 Å². The third-order valence-electron chi connectivity index (χ3n) is 7.54. The number of piperidine rings is 1. The summed E-state index contributed by atoms with van der Waals surface area (Å²) in [6.07, 6.45) is 3.31. The highest BCUT2D eigenvalue weighted by Crippen LogP contribution is 2.35. The maximum Gasteiger partial charge on any atom is 0.238 e. The number of rotatable bonds is 7. The van der Waals surface area contributed by atoms with E-state index in [1.165, 1.54) is 6.07 Å². The first kappa shape index (κ1) is 23.5. The lowest BCUT2D eigenvalue weighted by Gasteiger charge is -2.30. The van der Waals surface area contributed by atoms with E-state index >= 15 is 0 Å². The van der Waals surface area contributed by atoms with Gasteiger partial charge in [0.05, 0.1) is 25.3 Å². The second kappa shape index (κ2) is 10.2. The Morgan fingerprint density at radius 3 is 2.57 bits per heavy atom. The van der Waals surface area contributed by atoms with Gasteiger partial charge in [-0.25, -0.2) is 4.39 Å². The minimum Gasteiger partial charge on any atom is -0.378 e. The minimum atomic E-state index is -0.769. The molecule has 0 radical (unpaired) electrons. The van der Waals surface area contributed by atoms with Crippen molar-refractivity contribution in [3.8, 4) is 17.2 Å². The van der Waals surface area contributed by atoms with Crippen LogP contribution >= 0.6 is 0 Å². The van der Waals surface area contributed by atoms with E-state index in [4.69, 9.17) is 4.74 Å². The predicted octanol–water partition coefficient (Wildman–Crippen LogP) is 3.49. The Morgan fingerprint density at radius 1 is 1.20 bits per heavy atom. The van der Waals surface area contributed by atoms with Gasteiger partial charge >= 0.3 is 0 Å². The maximum absolute atomic E-state index is 15.0. The lowest BCUT2D eigenvalue weighted by atomic mass is 9.97. The van der Waals surface area contributed by atoms with Crippen LogP contribution in [0.3, 0.4) is 0 Å². The van der Waals surface area contributed by atoms with Crippen molar-refractivity contribution >= 4 is 11.6 Å². The van der Waals surface area contributed by atoms with Gasteiger partial charge < -0.3 is 20.3 Å².